The van der Waals surface area contributed by atoms with Crippen molar-refractivity contribution in [3.63, 3.8) is 0 Å². The van der Waals surface area contributed by atoms with Crippen LogP contribution in [-0.2, 0) is 11.3 Å². The molecule has 12 heteroatoms. The molecule has 1 aliphatic heterocycles. The Balaban J connectivity index is 1.22. The average molecular weight is 628 g/mol. The van der Waals surface area contributed by atoms with Gasteiger partial charge in [0.05, 0.1) is 23.4 Å². The van der Waals surface area contributed by atoms with Crippen molar-refractivity contribution in [2.75, 3.05) is 6.61 Å². The highest BCUT2D eigenvalue weighted by Gasteiger charge is 2.39. The van der Waals surface area contributed by atoms with E-state index in [1.54, 1.807) is 84.8 Å². The number of pyridine rings is 1. The largest absolute Gasteiger partial charge is 0.486 e. The van der Waals surface area contributed by atoms with Gasteiger partial charge in [-0.1, -0.05) is 24.3 Å². The van der Waals surface area contributed by atoms with E-state index < -0.39 is 30.1 Å². The summed E-state index contributed by atoms with van der Waals surface area (Å²) in [6.45, 7) is 2.54. The lowest BCUT2D eigenvalue weighted by atomic mass is 10.1. The molecule has 236 valence electrons. The van der Waals surface area contributed by atoms with Crippen LogP contribution < -0.4 is 24.8 Å². The smallest absolute Gasteiger partial charge is 0.321 e. The minimum Gasteiger partial charge on any atom is -0.486 e. The van der Waals surface area contributed by atoms with Crippen LogP contribution in [0.15, 0.2) is 97.5 Å². The van der Waals surface area contributed by atoms with E-state index in [9.17, 15) is 18.4 Å². The predicted molar refractivity (Wildman–Crippen MR) is 165 cm³/mol. The fraction of sp³-hybridized carbons (Fsp3) is 0.235. The third-order valence-electron chi connectivity index (χ3n) is 7.49. The first-order valence-electron chi connectivity index (χ1n) is 14.6. The summed E-state index contributed by atoms with van der Waals surface area (Å²) in [6, 6.07) is 22.3. The van der Waals surface area contributed by atoms with Gasteiger partial charge in [0, 0.05) is 36.8 Å². The number of carbonyl (C=O) groups is 2. The number of amides is 2. The molecule has 0 bridgehead atoms. The summed E-state index contributed by atoms with van der Waals surface area (Å²) in [5.74, 6) is -3.78. The van der Waals surface area contributed by atoms with Crippen molar-refractivity contribution in [3.8, 4) is 22.9 Å². The first-order valence-corrected chi connectivity index (χ1v) is 14.6. The van der Waals surface area contributed by atoms with Gasteiger partial charge in [-0.3, -0.25) is 14.6 Å². The van der Waals surface area contributed by atoms with Gasteiger partial charge in [-0.2, -0.15) is 13.9 Å². The number of hydrogen-bond acceptors (Lipinski definition) is 7. The summed E-state index contributed by atoms with van der Waals surface area (Å²) < 4.78 is 47.5. The van der Waals surface area contributed by atoms with Gasteiger partial charge < -0.3 is 24.8 Å². The number of nitrogens with one attached hydrogen (secondary N) is 2. The number of benzene rings is 3. The lowest BCUT2D eigenvalue weighted by molar-refractivity contribution is -0.145. The van der Waals surface area contributed by atoms with Crippen LogP contribution in [0, 0.1) is 0 Å². The summed E-state index contributed by atoms with van der Waals surface area (Å²) in [5.41, 5.74) is 2.78. The van der Waals surface area contributed by atoms with E-state index in [1.807, 2.05) is 24.3 Å². The zero-order valence-corrected chi connectivity index (χ0v) is 25.0. The third-order valence-corrected chi connectivity index (χ3v) is 7.49. The fourth-order valence-electron chi connectivity index (χ4n) is 5.13. The van der Waals surface area contributed by atoms with Crippen LogP contribution in [0.5, 0.6) is 17.2 Å². The van der Waals surface area contributed by atoms with E-state index in [-0.39, 0.29) is 12.5 Å². The Labute approximate surface area is 263 Å². The van der Waals surface area contributed by atoms with E-state index in [1.165, 1.54) is 0 Å². The molecule has 46 heavy (non-hydrogen) atoms. The minimum absolute atomic E-state index is 0.0801. The molecule has 0 fully saturated rings. The number of ether oxygens (including phenoxy) is 3. The Morgan fingerprint density at radius 3 is 2.65 bits per heavy atom. The topological polar surface area (TPSA) is 117 Å². The van der Waals surface area contributed by atoms with Crippen LogP contribution in [0.1, 0.15) is 29.8 Å². The molecule has 0 radical (unpaired) electrons. The Morgan fingerprint density at radius 2 is 1.87 bits per heavy atom. The maximum atomic E-state index is 13.8. The standard InChI is InChI=1S/C34H31F2N5O5/c1-21(40-33(43)34(2,35)36)31(30-20-44-28-10-3-4-11-29(28)46-30)45-26-12-13-27-24(16-26)19-39-41(27)25-9-5-8-23(15-25)32(42)38-18-22-7-6-14-37-17-22/h3-17,19,21,30-31H,18,20H2,1-2H3,(H,38,42)(H,40,43)/t21-,30?,31+/m0/s1. The van der Waals surface area contributed by atoms with E-state index in [0.717, 1.165) is 16.5 Å². The number of alkyl halides is 2. The number of rotatable bonds is 10. The maximum absolute atomic E-state index is 13.8. The molecule has 6 rings (SSSR count). The first kappa shape index (κ1) is 30.5. The van der Waals surface area contributed by atoms with Crippen LogP contribution in [0.25, 0.3) is 16.6 Å². The average Bonchev–Trinajstić information content (AvgIpc) is 3.49. The minimum atomic E-state index is -3.57. The molecule has 1 aliphatic rings. The Bertz CT molecular complexity index is 1860. The van der Waals surface area contributed by atoms with Crippen LogP contribution in [0.2, 0.25) is 0 Å². The highest BCUT2D eigenvalue weighted by atomic mass is 19.3. The Kier molecular flexibility index (Phi) is 8.51. The van der Waals surface area contributed by atoms with Crippen molar-refractivity contribution >= 4 is 22.7 Å². The Hall–Kier alpha value is -5.52. The quantitative estimate of drug-likeness (QED) is 0.221. The molecule has 1 unspecified atom stereocenters. The monoisotopic (exact) mass is 627 g/mol. The second-order valence-electron chi connectivity index (χ2n) is 11.0. The molecule has 2 amide bonds. The number of para-hydroxylation sites is 2. The third kappa shape index (κ3) is 6.75. The second kappa shape index (κ2) is 12.8. The predicted octanol–water partition coefficient (Wildman–Crippen LogP) is 5.10. The van der Waals surface area contributed by atoms with Crippen LogP contribution in [0.3, 0.4) is 0 Å². The number of fused-ring (bicyclic) bond motifs is 2. The van der Waals surface area contributed by atoms with E-state index in [0.29, 0.717) is 42.0 Å². The van der Waals surface area contributed by atoms with Crippen molar-refractivity contribution in [2.24, 2.45) is 0 Å². The van der Waals surface area contributed by atoms with Crippen molar-refractivity contribution in [2.45, 2.75) is 44.6 Å². The number of aromatic nitrogens is 3. The van der Waals surface area contributed by atoms with Gasteiger partial charge in [-0.25, -0.2) is 4.68 Å². The summed E-state index contributed by atoms with van der Waals surface area (Å²) in [4.78, 5) is 29.1. The molecule has 0 saturated heterocycles. The molecule has 5 aromatic rings. The van der Waals surface area contributed by atoms with Crippen molar-refractivity contribution < 1.29 is 32.6 Å². The van der Waals surface area contributed by atoms with Crippen LogP contribution >= 0.6 is 0 Å². The van der Waals surface area contributed by atoms with E-state index in [2.05, 4.69) is 20.7 Å². The summed E-state index contributed by atoms with van der Waals surface area (Å²) in [7, 11) is 0. The van der Waals surface area contributed by atoms with Gasteiger partial charge in [0.15, 0.2) is 23.7 Å². The summed E-state index contributed by atoms with van der Waals surface area (Å²) >= 11 is 0. The highest BCUT2D eigenvalue weighted by molar-refractivity contribution is 5.95. The second-order valence-corrected chi connectivity index (χ2v) is 11.0. The van der Waals surface area contributed by atoms with Gasteiger partial charge in [-0.15, -0.1) is 0 Å². The van der Waals surface area contributed by atoms with E-state index >= 15 is 0 Å². The van der Waals surface area contributed by atoms with Crippen LogP contribution in [-0.4, -0.2) is 57.4 Å². The zero-order chi connectivity index (χ0) is 32.3. The van der Waals surface area contributed by atoms with Crippen molar-refractivity contribution in [1.29, 1.82) is 0 Å². The molecule has 3 atom stereocenters. The molecule has 3 heterocycles. The number of carbonyl (C=O) groups excluding carboxylic acids is 2. The number of halogens is 2. The summed E-state index contributed by atoms with van der Waals surface area (Å²) in [6.07, 6.45) is 3.41. The SMILES string of the molecule is C[C@H](NC(=O)C(C)(F)F)[C@@H](Oc1ccc2c(cnn2-c2cccc(C(=O)NCc3cccnc3)c2)c1)C1COc2ccccc2O1. The molecule has 3 aromatic carbocycles. The number of nitrogens with zero attached hydrogens (tertiary/aromatic N) is 3. The molecular weight excluding hydrogens is 596 g/mol. The van der Waals surface area contributed by atoms with Crippen molar-refractivity contribution in [1.82, 2.24) is 25.4 Å². The van der Waals surface area contributed by atoms with E-state index in [4.69, 9.17) is 14.2 Å². The zero-order valence-electron chi connectivity index (χ0n) is 25.0. The molecule has 0 saturated carbocycles. The lowest BCUT2D eigenvalue weighted by Gasteiger charge is -2.35. The van der Waals surface area contributed by atoms with Crippen LogP contribution in [0.4, 0.5) is 8.78 Å². The van der Waals surface area contributed by atoms with Gasteiger partial charge >= 0.3 is 5.92 Å². The summed E-state index contributed by atoms with van der Waals surface area (Å²) in [5, 5.41) is 10.5. The Morgan fingerprint density at radius 1 is 1.04 bits per heavy atom. The van der Waals surface area contributed by atoms with Crippen molar-refractivity contribution in [3.05, 3.63) is 109 Å². The number of hydrogen-bond donors (Lipinski definition) is 2. The lowest BCUT2D eigenvalue weighted by Crippen LogP contribution is -2.56. The molecular formula is C34H31F2N5O5. The fourth-order valence-corrected chi connectivity index (χ4v) is 5.13. The molecule has 0 aliphatic carbocycles. The van der Waals surface area contributed by atoms with Gasteiger partial charge in [0.25, 0.3) is 11.8 Å². The first-order chi connectivity index (χ1) is 22.2. The molecule has 2 aromatic heterocycles. The molecule has 10 nitrogen and oxygen atoms in total. The maximum Gasteiger partial charge on any atom is 0.321 e. The normalized spacial score (nSPS) is 15.5. The van der Waals surface area contributed by atoms with Gasteiger partial charge in [-0.05, 0) is 67.1 Å². The highest BCUT2D eigenvalue weighted by Crippen LogP contribution is 2.33. The molecule has 0 spiro atoms. The van der Waals surface area contributed by atoms with Gasteiger partial charge in [0.1, 0.15) is 12.4 Å². The van der Waals surface area contributed by atoms with Gasteiger partial charge in [0.2, 0.25) is 0 Å². The molecule has 2 N–H and O–H groups in total.